The van der Waals surface area contributed by atoms with Crippen LogP contribution in [0.2, 0.25) is 0 Å². The molecule has 2 aliphatic heterocycles. The molecule has 0 bridgehead atoms. The number of nitrogens with one attached hydrogen (secondary N) is 1. The van der Waals surface area contributed by atoms with E-state index in [-0.39, 0.29) is 5.91 Å². The van der Waals surface area contributed by atoms with E-state index in [1.165, 1.54) is 0 Å². The monoisotopic (exact) mass is 421 g/mol. The highest BCUT2D eigenvalue weighted by Crippen LogP contribution is 2.21. The van der Waals surface area contributed by atoms with Gasteiger partial charge in [-0.05, 0) is 43.5 Å². The summed E-state index contributed by atoms with van der Waals surface area (Å²) in [7, 11) is 0. The van der Waals surface area contributed by atoms with E-state index >= 15 is 0 Å². The fourth-order valence-corrected chi connectivity index (χ4v) is 4.02. The fraction of sp³-hybridized carbons (Fsp3) is 0.478. The van der Waals surface area contributed by atoms with Gasteiger partial charge in [-0.25, -0.2) is 15.0 Å². The smallest absolute Gasteiger partial charge is 0.226 e. The van der Waals surface area contributed by atoms with E-state index in [0.29, 0.717) is 13.0 Å². The van der Waals surface area contributed by atoms with Crippen LogP contribution in [0.5, 0.6) is 0 Å². The van der Waals surface area contributed by atoms with Crippen molar-refractivity contribution >= 4 is 23.5 Å². The molecule has 3 heterocycles. The molecule has 0 atom stereocenters. The molecule has 2 fully saturated rings. The Balaban J connectivity index is 1.36. The van der Waals surface area contributed by atoms with Crippen LogP contribution >= 0.6 is 0 Å². The minimum atomic E-state index is 0.228. The number of guanidine groups is 1. The molecule has 164 valence electrons. The van der Waals surface area contributed by atoms with E-state index in [0.717, 1.165) is 75.3 Å². The Bertz CT molecular complexity index is 877. The number of benzene rings is 1. The second-order valence-corrected chi connectivity index (χ2v) is 7.86. The summed E-state index contributed by atoms with van der Waals surface area (Å²) in [6.07, 6.45) is 6.30. The first-order valence-electron chi connectivity index (χ1n) is 11.2. The van der Waals surface area contributed by atoms with Gasteiger partial charge < -0.3 is 20.0 Å². The summed E-state index contributed by atoms with van der Waals surface area (Å²) in [6.45, 7) is 7.84. The zero-order chi connectivity index (χ0) is 21.5. The Hall–Kier alpha value is -3.16. The molecule has 1 amide bonds. The molecule has 8 nitrogen and oxygen atoms in total. The van der Waals surface area contributed by atoms with E-state index in [2.05, 4.69) is 44.1 Å². The van der Waals surface area contributed by atoms with Gasteiger partial charge in [0, 0.05) is 63.8 Å². The molecule has 4 rings (SSSR count). The van der Waals surface area contributed by atoms with Crippen molar-refractivity contribution in [1.29, 1.82) is 0 Å². The SMILES string of the molecule is CCNC(=NCc1ccc(N2CCCCC2=O)cc1)N1CCN(c2ncccn2)CC1. The van der Waals surface area contributed by atoms with Crippen molar-refractivity contribution in [3.63, 3.8) is 0 Å². The largest absolute Gasteiger partial charge is 0.357 e. The van der Waals surface area contributed by atoms with Gasteiger partial charge >= 0.3 is 0 Å². The number of amides is 1. The first-order valence-corrected chi connectivity index (χ1v) is 11.2. The van der Waals surface area contributed by atoms with Gasteiger partial charge in [-0.15, -0.1) is 0 Å². The maximum atomic E-state index is 12.1. The summed E-state index contributed by atoms with van der Waals surface area (Å²) in [5, 5.41) is 3.42. The molecule has 31 heavy (non-hydrogen) atoms. The van der Waals surface area contributed by atoms with Gasteiger partial charge in [0.05, 0.1) is 6.54 Å². The zero-order valence-corrected chi connectivity index (χ0v) is 18.2. The normalized spacial score (nSPS) is 17.8. The molecule has 0 saturated carbocycles. The lowest BCUT2D eigenvalue weighted by molar-refractivity contribution is -0.119. The topological polar surface area (TPSA) is 77.0 Å². The van der Waals surface area contributed by atoms with Crippen molar-refractivity contribution in [3.8, 4) is 0 Å². The van der Waals surface area contributed by atoms with Crippen molar-refractivity contribution < 1.29 is 4.79 Å². The Morgan fingerprint density at radius 1 is 1.03 bits per heavy atom. The van der Waals surface area contributed by atoms with Crippen molar-refractivity contribution in [1.82, 2.24) is 20.2 Å². The molecule has 2 aliphatic rings. The average molecular weight is 422 g/mol. The lowest BCUT2D eigenvalue weighted by Gasteiger charge is -2.36. The number of hydrogen-bond donors (Lipinski definition) is 1. The summed E-state index contributed by atoms with van der Waals surface area (Å²) >= 11 is 0. The third kappa shape index (κ3) is 5.31. The molecule has 0 unspecified atom stereocenters. The quantitative estimate of drug-likeness (QED) is 0.590. The maximum absolute atomic E-state index is 12.1. The molecule has 2 saturated heterocycles. The number of nitrogens with zero attached hydrogens (tertiary/aromatic N) is 6. The van der Waals surface area contributed by atoms with Gasteiger partial charge in [-0.2, -0.15) is 0 Å². The summed E-state index contributed by atoms with van der Waals surface area (Å²) < 4.78 is 0. The van der Waals surface area contributed by atoms with Crippen molar-refractivity contribution in [2.45, 2.75) is 32.7 Å². The Morgan fingerprint density at radius 2 is 1.77 bits per heavy atom. The number of rotatable bonds is 5. The molecule has 8 heteroatoms. The molecule has 1 aromatic heterocycles. The van der Waals surface area contributed by atoms with Crippen LogP contribution < -0.4 is 15.1 Å². The Labute approximate surface area is 184 Å². The second kappa shape index (κ2) is 10.2. The van der Waals surface area contributed by atoms with Crippen LogP contribution in [0.15, 0.2) is 47.7 Å². The van der Waals surface area contributed by atoms with Crippen LogP contribution in [-0.4, -0.2) is 66.0 Å². The highest BCUT2D eigenvalue weighted by atomic mass is 16.2. The average Bonchev–Trinajstić information content (AvgIpc) is 2.83. The summed E-state index contributed by atoms with van der Waals surface area (Å²) in [4.78, 5) is 32.1. The van der Waals surface area contributed by atoms with Gasteiger partial charge in [0.2, 0.25) is 11.9 Å². The number of anilines is 2. The highest BCUT2D eigenvalue weighted by Gasteiger charge is 2.21. The summed E-state index contributed by atoms with van der Waals surface area (Å²) in [5.74, 6) is 1.95. The molecular weight excluding hydrogens is 390 g/mol. The summed E-state index contributed by atoms with van der Waals surface area (Å²) in [6, 6.07) is 10.1. The van der Waals surface area contributed by atoms with E-state index in [1.54, 1.807) is 12.4 Å². The van der Waals surface area contributed by atoms with Gasteiger partial charge in [0.15, 0.2) is 5.96 Å². The van der Waals surface area contributed by atoms with E-state index < -0.39 is 0 Å². The Kier molecular flexibility index (Phi) is 6.96. The molecule has 0 aliphatic carbocycles. The predicted octanol–water partition coefficient (Wildman–Crippen LogP) is 2.28. The van der Waals surface area contributed by atoms with Crippen LogP contribution in [0, 0.1) is 0 Å². The number of aromatic nitrogens is 2. The Morgan fingerprint density at radius 3 is 2.45 bits per heavy atom. The fourth-order valence-electron chi connectivity index (χ4n) is 4.02. The zero-order valence-electron chi connectivity index (χ0n) is 18.2. The van der Waals surface area contributed by atoms with Crippen LogP contribution in [-0.2, 0) is 11.3 Å². The lowest BCUT2D eigenvalue weighted by atomic mass is 10.1. The highest BCUT2D eigenvalue weighted by molar-refractivity contribution is 5.93. The second-order valence-electron chi connectivity index (χ2n) is 7.86. The van der Waals surface area contributed by atoms with E-state index in [9.17, 15) is 4.79 Å². The minimum absolute atomic E-state index is 0.228. The number of piperidine rings is 1. The number of carbonyl (C=O) groups excluding carboxylic acids is 1. The molecule has 0 radical (unpaired) electrons. The molecule has 0 spiro atoms. The van der Waals surface area contributed by atoms with Gasteiger partial charge in [-0.1, -0.05) is 12.1 Å². The predicted molar refractivity (Wildman–Crippen MR) is 123 cm³/mol. The first-order chi connectivity index (χ1) is 15.2. The van der Waals surface area contributed by atoms with Crippen LogP contribution in [0.3, 0.4) is 0 Å². The molecule has 1 aromatic carbocycles. The van der Waals surface area contributed by atoms with Crippen molar-refractivity contribution in [2.24, 2.45) is 4.99 Å². The van der Waals surface area contributed by atoms with E-state index in [1.807, 2.05) is 23.1 Å². The number of carbonyl (C=O) groups is 1. The summed E-state index contributed by atoms with van der Waals surface area (Å²) in [5.41, 5.74) is 2.13. The minimum Gasteiger partial charge on any atom is -0.357 e. The standard InChI is InChI=1S/C23H31N7O/c1-2-24-22(28-14-16-29(17-15-28)23-25-11-5-12-26-23)27-18-19-7-9-20(10-8-19)30-13-4-3-6-21(30)31/h5,7-12H,2-4,6,13-18H2,1H3,(H,24,27). The van der Waals surface area contributed by atoms with Crippen LogP contribution in [0.4, 0.5) is 11.6 Å². The van der Waals surface area contributed by atoms with Crippen molar-refractivity contribution in [3.05, 3.63) is 48.3 Å². The maximum Gasteiger partial charge on any atom is 0.226 e. The molecule has 2 aromatic rings. The first kappa shape index (κ1) is 21.1. The molecular formula is C23H31N7O. The number of hydrogen-bond acceptors (Lipinski definition) is 5. The van der Waals surface area contributed by atoms with Gasteiger partial charge in [0.1, 0.15) is 0 Å². The lowest BCUT2D eigenvalue weighted by Crippen LogP contribution is -2.52. The van der Waals surface area contributed by atoms with Crippen molar-refractivity contribution in [2.75, 3.05) is 49.1 Å². The van der Waals surface area contributed by atoms with Crippen LogP contribution in [0.1, 0.15) is 31.7 Å². The third-order valence-corrected chi connectivity index (χ3v) is 5.73. The van der Waals surface area contributed by atoms with Crippen LogP contribution in [0.25, 0.3) is 0 Å². The number of piperazine rings is 1. The van der Waals surface area contributed by atoms with E-state index in [4.69, 9.17) is 4.99 Å². The van der Waals surface area contributed by atoms with Gasteiger partial charge in [0.25, 0.3) is 0 Å². The van der Waals surface area contributed by atoms with Gasteiger partial charge in [-0.3, -0.25) is 4.79 Å². The number of aliphatic imine (C=N–C) groups is 1. The third-order valence-electron chi connectivity index (χ3n) is 5.73. The molecule has 1 N–H and O–H groups in total.